The van der Waals surface area contributed by atoms with Crippen molar-refractivity contribution in [2.45, 2.75) is 38.8 Å². The highest BCUT2D eigenvalue weighted by Gasteiger charge is 2.47. The summed E-state index contributed by atoms with van der Waals surface area (Å²) in [4.78, 5) is 5.13. The second-order valence-electron chi connectivity index (χ2n) is 6.26. The topological polar surface area (TPSA) is 32.5 Å². The number of likely N-dealkylation sites (tertiary alicyclic amines) is 2. The largest absolute Gasteiger partial charge is 0.329 e. The molecule has 16 heavy (non-hydrogen) atoms. The van der Waals surface area contributed by atoms with Crippen LogP contribution in [0.1, 0.15) is 27.2 Å². The highest BCUT2D eigenvalue weighted by molar-refractivity contribution is 5.04. The molecule has 2 heterocycles. The van der Waals surface area contributed by atoms with Crippen molar-refractivity contribution in [3.8, 4) is 0 Å². The fourth-order valence-corrected chi connectivity index (χ4v) is 3.41. The van der Waals surface area contributed by atoms with E-state index in [2.05, 4.69) is 37.6 Å². The third-order valence-corrected chi connectivity index (χ3v) is 5.01. The third-order valence-electron chi connectivity index (χ3n) is 5.01. The molecule has 2 fully saturated rings. The minimum Gasteiger partial charge on any atom is -0.329 e. The van der Waals surface area contributed by atoms with E-state index in [1.165, 1.54) is 19.5 Å². The van der Waals surface area contributed by atoms with Crippen LogP contribution in [-0.2, 0) is 0 Å². The van der Waals surface area contributed by atoms with Gasteiger partial charge in [-0.1, -0.05) is 13.8 Å². The number of likely N-dealkylation sites (N-methyl/N-ethyl adjacent to an activating group) is 1. The van der Waals surface area contributed by atoms with Gasteiger partial charge in [-0.05, 0) is 32.2 Å². The van der Waals surface area contributed by atoms with E-state index >= 15 is 0 Å². The van der Waals surface area contributed by atoms with Gasteiger partial charge in [-0.2, -0.15) is 0 Å². The van der Waals surface area contributed by atoms with Gasteiger partial charge in [0.1, 0.15) is 0 Å². The first-order chi connectivity index (χ1) is 7.48. The molecule has 0 aromatic rings. The van der Waals surface area contributed by atoms with Crippen LogP contribution in [0.5, 0.6) is 0 Å². The second-order valence-corrected chi connectivity index (χ2v) is 6.26. The van der Waals surface area contributed by atoms with Crippen molar-refractivity contribution in [2.75, 3.05) is 33.2 Å². The fraction of sp³-hybridized carbons (Fsp3) is 1.00. The number of hydrogen-bond acceptors (Lipinski definition) is 3. The molecular formula is C13H27N3. The summed E-state index contributed by atoms with van der Waals surface area (Å²) in [5.41, 5.74) is 6.35. The summed E-state index contributed by atoms with van der Waals surface area (Å²) >= 11 is 0. The van der Waals surface area contributed by atoms with Crippen molar-refractivity contribution in [1.29, 1.82) is 0 Å². The maximum Gasteiger partial charge on any atom is 0.0473 e. The van der Waals surface area contributed by atoms with Crippen molar-refractivity contribution in [1.82, 2.24) is 9.80 Å². The molecular weight excluding hydrogens is 198 g/mol. The Morgan fingerprint density at radius 3 is 2.12 bits per heavy atom. The van der Waals surface area contributed by atoms with Crippen LogP contribution >= 0.6 is 0 Å². The molecule has 2 N–H and O–H groups in total. The summed E-state index contributed by atoms with van der Waals surface area (Å²) in [5, 5.41) is 0. The highest BCUT2D eigenvalue weighted by atomic mass is 15.3. The molecule has 2 rings (SSSR count). The van der Waals surface area contributed by atoms with Gasteiger partial charge in [0.05, 0.1) is 0 Å². The lowest BCUT2D eigenvalue weighted by atomic mass is 9.94. The highest BCUT2D eigenvalue weighted by Crippen LogP contribution is 2.36. The molecule has 2 saturated heterocycles. The number of rotatable bonds is 2. The first kappa shape index (κ1) is 12.3. The molecule has 94 valence electrons. The van der Waals surface area contributed by atoms with Crippen LogP contribution in [-0.4, -0.2) is 54.6 Å². The van der Waals surface area contributed by atoms with Crippen molar-refractivity contribution in [3.63, 3.8) is 0 Å². The zero-order valence-corrected chi connectivity index (χ0v) is 11.2. The molecule has 4 atom stereocenters. The summed E-state index contributed by atoms with van der Waals surface area (Å²) in [6.45, 7) is 11.5. The number of nitrogens with two attached hydrogens (primary N) is 1. The Bertz CT molecular complexity index is 234. The zero-order valence-electron chi connectivity index (χ0n) is 11.2. The van der Waals surface area contributed by atoms with Crippen molar-refractivity contribution in [3.05, 3.63) is 0 Å². The molecule has 4 unspecified atom stereocenters. The maximum atomic E-state index is 6.10. The Hall–Kier alpha value is -0.120. The molecule has 0 bridgehead atoms. The van der Waals surface area contributed by atoms with Crippen LogP contribution in [0.3, 0.4) is 0 Å². The minimum absolute atomic E-state index is 0.257. The van der Waals surface area contributed by atoms with Gasteiger partial charge in [-0.15, -0.1) is 0 Å². The molecule has 2 aliphatic heterocycles. The van der Waals surface area contributed by atoms with Gasteiger partial charge < -0.3 is 10.6 Å². The molecule has 3 nitrogen and oxygen atoms in total. The summed E-state index contributed by atoms with van der Waals surface area (Å²) in [5.74, 6) is 1.65. The van der Waals surface area contributed by atoms with Gasteiger partial charge >= 0.3 is 0 Å². The fourth-order valence-electron chi connectivity index (χ4n) is 3.41. The number of nitrogens with zero attached hydrogens (tertiary/aromatic N) is 2. The monoisotopic (exact) mass is 225 g/mol. The van der Waals surface area contributed by atoms with Crippen LogP contribution in [0.2, 0.25) is 0 Å². The van der Waals surface area contributed by atoms with Gasteiger partial charge in [0.15, 0.2) is 0 Å². The minimum atomic E-state index is 0.257. The molecule has 3 heteroatoms. The summed E-state index contributed by atoms with van der Waals surface area (Å²) < 4.78 is 0. The normalized spacial score (nSPS) is 46.7. The Morgan fingerprint density at radius 2 is 1.75 bits per heavy atom. The van der Waals surface area contributed by atoms with Crippen molar-refractivity contribution in [2.24, 2.45) is 17.6 Å². The van der Waals surface area contributed by atoms with Gasteiger partial charge in [0, 0.05) is 37.8 Å². The van der Waals surface area contributed by atoms with Crippen LogP contribution < -0.4 is 5.73 Å². The van der Waals surface area contributed by atoms with E-state index in [0.717, 1.165) is 24.9 Å². The molecule has 0 aromatic carbocycles. The van der Waals surface area contributed by atoms with Crippen LogP contribution in [0.25, 0.3) is 0 Å². The lowest BCUT2D eigenvalue weighted by Gasteiger charge is -2.38. The summed E-state index contributed by atoms with van der Waals surface area (Å²) in [7, 11) is 2.23. The molecule has 0 radical (unpaired) electrons. The molecule has 2 aliphatic rings. The van der Waals surface area contributed by atoms with Crippen molar-refractivity contribution < 1.29 is 0 Å². The first-order valence-electron chi connectivity index (χ1n) is 6.64. The molecule has 0 aromatic heterocycles. The van der Waals surface area contributed by atoms with Crippen LogP contribution in [0.15, 0.2) is 0 Å². The second kappa shape index (κ2) is 4.28. The molecule has 0 spiro atoms. The summed E-state index contributed by atoms with van der Waals surface area (Å²) in [6.07, 6.45) is 1.24. The van der Waals surface area contributed by atoms with E-state index < -0.39 is 0 Å². The average Bonchev–Trinajstić information content (AvgIpc) is 2.72. The lowest BCUT2D eigenvalue weighted by molar-refractivity contribution is 0.125. The predicted octanol–water partition coefficient (Wildman–Crippen LogP) is 0.996. The van der Waals surface area contributed by atoms with E-state index in [1.54, 1.807) is 0 Å². The van der Waals surface area contributed by atoms with E-state index in [4.69, 9.17) is 5.73 Å². The molecule has 0 saturated carbocycles. The lowest BCUT2D eigenvalue weighted by Crippen LogP contribution is -2.54. The summed E-state index contributed by atoms with van der Waals surface area (Å²) in [6, 6.07) is 0.676. The van der Waals surface area contributed by atoms with Gasteiger partial charge in [-0.25, -0.2) is 0 Å². The van der Waals surface area contributed by atoms with E-state index in [1.807, 2.05) is 0 Å². The van der Waals surface area contributed by atoms with Gasteiger partial charge in [0.25, 0.3) is 0 Å². The zero-order chi connectivity index (χ0) is 11.9. The third kappa shape index (κ3) is 1.89. The quantitative estimate of drug-likeness (QED) is 0.761. The Labute approximate surface area is 100.0 Å². The van der Waals surface area contributed by atoms with E-state index in [-0.39, 0.29) is 5.54 Å². The van der Waals surface area contributed by atoms with Crippen LogP contribution in [0, 0.1) is 11.8 Å². The average molecular weight is 225 g/mol. The standard InChI is InChI=1S/C13H27N3/c1-10-6-16(7-11(10)2)13(8-14)5-12(3)15(4)9-13/h10-12H,5-9,14H2,1-4H3. The number of hydrogen-bond donors (Lipinski definition) is 1. The Kier molecular flexibility index (Phi) is 3.30. The molecule has 0 aliphatic carbocycles. The van der Waals surface area contributed by atoms with Gasteiger partial charge in [-0.3, -0.25) is 4.90 Å². The Balaban J connectivity index is 2.11. The Morgan fingerprint density at radius 1 is 1.19 bits per heavy atom. The van der Waals surface area contributed by atoms with Gasteiger partial charge in [0.2, 0.25) is 0 Å². The first-order valence-corrected chi connectivity index (χ1v) is 6.64. The van der Waals surface area contributed by atoms with Crippen molar-refractivity contribution >= 4 is 0 Å². The van der Waals surface area contributed by atoms with E-state index in [9.17, 15) is 0 Å². The smallest absolute Gasteiger partial charge is 0.0473 e. The SMILES string of the molecule is CC1CN(C2(CN)CC(C)N(C)C2)CC1C. The maximum absolute atomic E-state index is 6.10. The predicted molar refractivity (Wildman–Crippen MR) is 68.4 cm³/mol. The molecule has 0 amide bonds. The van der Waals surface area contributed by atoms with Crippen LogP contribution in [0.4, 0.5) is 0 Å². The van der Waals surface area contributed by atoms with E-state index in [0.29, 0.717) is 6.04 Å².